The van der Waals surface area contributed by atoms with Crippen LogP contribution in [0.15, 0.2) is 24.9 Å². The highest BCUT2D eigenvalue weighted by atomic mass is 32.1. The molecule has 1 fully saturated rings. The van der Waals surface area contributed by atoms with Gasteiger partial charge in [-0.1, -0.05) is 6.08 Å². The van der Waals surface area contributed by atoms with Crippen LogP contribution in [0, 0.1) is 6.92 Å². The smallest absolute Gasteiger partial charge is 0.266 e. The van der Waals surface area contributed by atoms with Crippen LogP contribution in [0.1, 0.15) is 28.1 Å². The molecule has 3 rings (SSSR count). The lowest BCUT2D eigenvalue weighted by atomic mass is 10.1. The van der Waals surface area contributed by atoms with Gasteiger partial charge in [-0.15, -0.1) is 17.9 Å². The summed E-state index contributed by atoms with van der Waals surface area (Å²) < 4.78 is 0. The van der Waals surface area contributed by atoms with Crippen molar-refractivity contribution in [2.24, 2.45) is 0 Å². The molecule has 0 bridgehead atoms. The molecule has 0 saturated heterocycles. The minimum atomic E-state index is 0.00676. The van der Waals surface area contributed by atoms with E-state index in [0.29, 0.717) is 23.2 Å². The van der Waals surface area contributed by atoms with Crippen molar-refractivity contribution < 1.29 is 4.79 Å². The maximum absolute atomic E-state index is 12.7. The third kappa shape index (κ3) is 2.08. The van der Waals surface area contributed by atoms with Crippen molar-refractivity contribution in [3.63, 3.8) is 0 Å². The number of nitrogen functional groups attached to an aromatic ring is 1. The first-order valence-electron chi connectivity index (χ1n) is 6.69. The summed E-state index contributed by atoms with van der Waals surface area (Å²) in [4.78, 5) is 20.3. The zero-order valence-corrected chi connectivity index (χ0v) is 12.2. The van der Waals surface area contributed by atoms with E-state index in [4.69, 9.17) is 5.73 Å². The SMILES string of the molecule is C=CCN(C(=O)c1sc2nccc(C)c2c1N)C1CC1. The Hall–Kier alpha value is -1.88. The van der Waals surface area contributed by atoms with Crippen LogP contribution in [0.25, 0.3) is 10.2 Å². The molecule has 0 radical (unpaired) electrons. The summed E-state index contributed by atoms with van der Waals surface area (Å²) in [5.41, 5.74) is 7.82. The van der Waals surface area contributed by atoms with Crippen molar-refractivity contribution in [3.05, 3.63) is 35.4 Å². The van der Waals surface area contributed by atoms with Gasteiger partial charge in [-0.3, -0.25) is 4.79 Å². The summed E-state index contributed by atoms with van der Waals surface area (Å²) >= 11 is 1.38. The number of nitrogens with two attached hydrogens (primary N) is 1. The number of carbonyl (C=O) groups is 1. The predicted molar refractivity (Wildman–Crippen MR) is 83.0 cm³/mol. The van der Waals surface area contributed by atoms with E-state index in [9.17, 15) is 4.79 Å². The second kappa shape index (κ2) is 4.90. The number of pyridine rings is 1. The van der Waals surface area contributed by atoms with Crippen LogP contribution in [0.3, 0.4) is 0 Å². The Labute approximate surface area is 121 Å². The van der Waals surface area contributed by atoms with Crippen LogP contribution in [-0.2, 0) is 0 Å². The molecular weight excluding hydrogens is 270 g/mol. The van der Waals surface area contributed by atoms with Gasteiger partial charge < -0.3 is 10.6 Å². The van der Waals surface area contributed by atoms with Crippen molar-refractivity contribution in [2.45, 2.75) is 25.8 Å². The van der Waals surface area contributed by atoms with E-state index in [-0.39, 0.29) is 5.91 Å². The van der Waals surface area contributed by atoms with Crippen LogP contribution in [0.5, 0.6) is 0 Å². The summed E-state index contributed by atoms with van der Waals surface area (Å²) in [5, 5.41) is 0.912. The lowest BCUT2D eigenvalue weighted by Gasteiger charge is -2.20. The standard InChI is InChI=1S/C15H17N3OS/c1-3-8-18(10-4-5-10)15(19)13-12(16)11-9(2)6-7-17-14(11)20-13/h3,6-7,10H,1,4-5,8,16H2,2H3. The number of fused-ring (bicyclic) bond motifs is 1. The maximum Gasteiger partial charge on any atom is 0.266 e. The van der Waals surface area contributed by atoms with E-state index < -0.39 is 0 Å². The Morgan fingerprint density at radius 1 is 1.65 bits per heavy atom. The minimum Gasteiger partial charge on any atom is -0.397 e. The third-order valence-electron chi connectivity index (χ3n) is 3.61. The topological polar surface area (TPSA) is 59.2 Å². The van der Waals surface area contributed by atoms with Gasteiger partial charge in [0.2, 0.25) is 0 Å². The molecular formula is C15H17N3OS. The zero-order chi connectivity index (χ0) is 14.3. The Morgan fingerprint density at radius 3 is 3.00 bits per heavy atom. The normalized spacial score (nSPS) is 14.4. The molecule has 0 unspecified atom stereocenters. The molecule has 0 aliphatic heterocycles. The van der Waals surface area contributed by atoms with Gasteiger partial charge in [0.25, 0.3) is 5.91 Å². The second-order valence-electron chi connectivity index (χ2n) is 5.13. The summed E-state index contributed by atoms with van der Waals surface area (Å²) in [6, 6.07) is 2.27. The van der Waals surface area contributed by atoms with Crippen molar-refractivity contribution in [1.82, 2.24) is 9.88 Å². The van der Waals surface area contributed by atoms with Gasteiger partial charge in [0.05, 0.1) is 5.69 Å². The zero-order valence-electron chi connectivity index (χ0n) is 11.4. The number of amides is 1. The first-order chi connectivity index (χ1) is 9.63. The van der Waals surface area contributed by atoms with Gasteiger partial charge >= 0.3 is 0 Å². The number of aryl methyl sites for hydroxylation is 1. The molecule has 1 saturated carbocycles. The van der Waals surface area contributed by atoms with Gasteiger partial charge in [0, 0.05) is 24.2 Å². The number of thiophene rings is 1. The monoisotopic (exact) mass is 287 g/mol. The summed E-state index contributed by atoms with van der Waals surface area (Å²) in [5.74, 6) is 0.00676. The van der Waals surface area contributed by atoms with Crippen LogP contribution in [-0.4, -0.2) is 28.4 Å². The van der Waals surface area contributed by atoms with Gasteiger partial charge in [-0.2, -0.15) is 0 Å². The van der Waals surface area contributed by atoms with Crippen molar-refractivity contribution >= 4 is 33.1 Å². The number of aromatic nitrogens is 1. The fourth-order valence-corrected chi connectivity index (χ4v) is 3.51. The van der Waals surface area contributed by atoms with E-state index in [1.807, 2.05) is 17.9 Å². The predicted octanol–water partition coefficient (Wildman–Crippen LogP) is 2.98. The average molecular weight is 287 g/mol. The Morgan fingerprint density at radius 2 is 2.40 bits per heavy atom. The second-order valence-corrected chi connectivity index (χ2v) is 6.13. The number of hydrogen-bond donors (Lipinski definition) is 1. The lowest BCUT2D eigenvalue weighted by molar-refractivity contribution is 0.0768. The van der Waals surface area contributed by atoms with Gasteiger partial charge in [0.1, 0.15) is 9.71 Å². The minimum absolute atomic E-state index is 0.00676. The molecule has 1 aliphatic carbocycles. The summed E-state index contributed by atoms with van der Waals surface area (Å²) in [6.07, 6.45) is 5.66. The largest absolute Gasteiger partial charge is 0.397 e. The number of nitrogens with zero attached hydrogens (tertiary/aromatic N) is 2. The number of hydrogen-bond acceptors (Lipinski definition) is 4. The maximum atomic E-state index is 12.7. The lowest BCUT2D eigenvalue weighted by Crippen LogP contribution is -2.33. The van der Waals surface area contributed by atoms with E-state index in [0.717, 1.165) is 28.6 Å². The molecule has 0 spiro atoms. The molecule has 1 aliphatic rings. The molecule has 20 heavy (non-hydrogen) atoms. The molecule has 1 amide bonds. The van der Waals surface area contributed by atoms with Gasteiger partial charge in [-0.25, -0.2) is 4.98 Å². The van der Waals surface area contributed by atoms with Crippen molar-refractivity contribution in [3.8, 4) is 0 Å². The highest BCUT2D eigenvalue weighted by Gasteiger charge is 2.34. The number of carbonyl (C=O) groups excluding carboxylic acids is 1. The van der Waals surface area contributed by atoms with E-state index >= 15 is 0 Å². The molecule has 2 heterocycles. The van der Waals surface area contributed by atoms with E-state index in [1.165, 1.54) is 11.3 Å². The van der Waals surface area contributed by atoms with Crippen LogP contribution in [0.2, 0.25) is 0 Å². The Kier molecular flexibility index (Phi) is 3.22. The van der Waals surface area contributed by atoms with Crippen molar-refractivity contribution in [2.75, 3.05) is 12.3 Å². The highest BCUT2D eigenvalue weighted by Crippen LogP contribution is 2.37. The summed E-state index contributed by atoms with van der Waals surface area (Å²) in [6.45, 7) is 6.29. The Bertz CT molecular complexity index is 688. The molecule has 104 valence electrons. The third-order valence-corrected chi connectivity index (χ3v) is 4.71. The molecule has 2 aromatic heterocycles. The average Bonchev–Trinajstić information content (AvgIpc) is 3.20. The Balaban J connectivity index is 2.05. The van der Waals surface area contributed by atoms with Crippen LogP contribution < -0.4 is 5.73 Å². The highest BCUT2D eigenvalue weighted by molar-refractivity contribution is 7.21. The fourth-order valence-electron chi connectivity index (χ4n) is 2.42. The quantitative estimate of drug-likeness (QED) is 0.879. The fraction of sp³-hybridized carbons (Fsp3) is 0.333. The van der Waals surface area contributed by atoms with Crippen molar-refractivity contribution in [1.29, 1.82) is 0 Å². The number of rotatable bonds is 4. The van der Waals surface area contributed by atoms with Gasteiger partial charge in [-0.05, 0) is 31.4 Å². The van der Waals surface area contributed by atoms with E-state index in [2.05, 4.69) is 11.6 Å². The van der Waals surface area contributed by atoms with Crippen LogP contribution >= 0.6 is 11.3 Å². The first kappa shape index (κ1) is 13.1. The first-order valence-corrected chi connectivity index (χ1v) is 7.50. The number of anilines is 1. The van der Waals surface area contributed by atoms with Crippen LogP contribution in [0.4, 0.5) is 5.69 Å². The molecule has 2 N–H and O–H groups in total. The molecule has 0 aromatic carbocycles. The van der Waals surface area contributed by atoms with Gasteiger partial charge in [0.15, 0.2) is 0 Å². The molecule has 4 nitrogen and oxygen atoms in total. The molecule has 0 atom stereocenters. The summed E-state index contributed by atoms with van der Waals surface area (Å²) in [7, 11) is 0. The molecule has 2 aromatic rings. The van der Waals surface area contributed by atoms with E-state index in [1.54, 1.807) is 12.3 Å². The molecule has 5 heteroatoms.